The molecule has 1 aromatic rings. The maximum absolute atomic E-state index is 12.5. The Morgan fingerprint density at radius 1 is 1.44 bits per heavy atom. The molecule has 1 saturated heterocycles. The van der Waals surface area contributed by atoms with Crippen LogP contribution in [0.1, 0.15) is 40.7 Å². The zero-order valence-corrected chi connectivity index (χ0v) is 15.9. The number of nitrogens with two attached hydrogens (primary N) is 1. The first-order valence-corrected chi connectivity index (χ1v) is 10.3. The van der Waals surface area contributed by atoms with Crippen LogP contribution >= 0.6 is 11.3 Å². The molecule has 1 unspecified atom stereocenters. The highest BCUT2D eigenvalue weighted by Crippen LogP contribution is 2.50. The van der Waals surface area contributed by atoms with Crippen LogP contribution in [-0.4, -0.2) is 41.4 Å². The Kier molecular flexibility index (Phi) is 3.97. The third kappa shape index (κ3) is 2.87. The number of fused-ring (bicyclic) bond motifs is 4. The molecule has 144 valence electrons. The van der Waals surface area contributed by atoms with E-state index >= 15 is 0 Å². The van der Waals surface area contributed by atoms with E-state index in [1.54, 1.807) is 0 Å². The molecule has 3 amide bonds. The van der Waals surface area contributed by atoms with Gasteiger partial charge in [0.1, 0.15) is 12.1 Å². The zero-order chi connectivity index (χ0) is 19.6. The van der Waals surface area contributed by atoms with Crippen molar-refractivity contribution in [1.29, 1.82) is 0 Å². The Balaban J connectivity index is 1.82. The second-order valence-corrected chi connectivity index (χ2v) is 9.01. The third-order valence-corrected chi connectivity index (χ3v) is 6.89. The van der Waals surface area contributed by atoms with Gasteiger partial charge in [0.25, 0.3) is 0 Å². The SMILES string of the molecule is CC1(c2cc3c(s2)[C@@H](C(N)=O)N2C[C@H]3N(OS(=O)(=O)O)C2=O)C=CC=CC1. The van der Waals surface area contributed by atoms with Crippen LogP contribution < -0.4 is 5.73 Å². The van der Waals surface area contributed by atoms with Crippen LogP contribution in [0.4, 0.5) is 4.79 Å². The van der Waals surface area contributed by atoms with Crippen LogP contribution in [0.3, 0.4) is 0 Å². The van der Waals surface area contributed by atoms with E-state index < -0.39 is 34.4 Å². The third-order valence-electron chi connectivity index (χ3n) is 5.06. The number of carbonyl (C=O) groups excluding carboxylic acids is 2. The van der Waals surface area contributed by atoms with Gasteiger partial charge in [-0.15, -0.1) is 15.6 Å². The summed E-state index contributed by atoms with van der Waals surface area (Å²) in [6, 6.07) is -0.746. The fraction of sp³-hybridized carbons (Fsp3) is 0.375. The van der Waals surface area contributed by atoms with Crippen LogP contribution in [0.15, 0.2) is 30.4 Å². The predicted molar refractivity (Wildman–Crippen MR) is 95.8 cm³/mol. The first kappa shape index (κ1) is 18.2. The molecule has 3 atom stereocenters. The lowest BCUT2D eigenvalue weighted by atomic mass is 9.81. The van der Waals surface area contributed by atoms with Gasteiger partial charge in [-0.25, -0.2) is 4.79 Å². The molecule has 1 aromatic heterocycles. The molecular formula is C16H17N3O6S2. The van der Waals surface area contributed by atoms with Gasteiger partial charge in [0, 0.05) is 15.2 Å². The molecule has 3 heterocycles. The first-order valence-electron chi connectivity index (χ1n) is 8.15. The Morgan fingerprint density at radius 3 is 2.78 bits per heavy atom. The molecule has 1 aliphatic carbocycles. The molecule has 0 saturated carbocycles. The lowest BCUT2D eigenvalue weighted by molar-refractivity contribution is -0.122. The molecule has 27 heavy (non-hydrogen) atoms. The van der Waals surface area contributed by atoms with E-state index in [1.807, 2.05) is 24.3 Å². The Morgan fingerprint density at radius 2 is 2.19 bits per heavy atom. The summed E-state index contributed by atoms with van der Waals surface area (Å²) in [6.07, 6.45) is 8.76. The van der Waals surface area contributed by atoms with Gasteiger partial charge in [-0.3, -0.25) is 9.35 Å². The van der Waals surface area contributed by atoms with Gasteiger partial charge in [0.15, 0.2) is 0 Å². The van der Waals surface area contributed by atoms with Crippen molar-refractivity contribution >= 4 is 33.7 Å². The van der Waals surface area contributed by atoms with E-state index in [0.29, 0.717) is 15.5 Å². The zero-order valence-electron chi connectivity index (χ0n) is 14.2. The predicted octanol–water partition coefficient (Wildman–Crippen LogP) is 1.58. The summed E-state index contributed by atoms with van der Waals surface area (Å²) in [5, 5.41) is 0.590. The Bertz CT molecular complexity index is 998. The van der Waals surface area contributed by atoms with Crippen LogP contribution in [0.2, 0.25) is 0 Å². The van der Waals surface area contributed by atoms with Crippen molar-refractivity contribution in [3.05, 3.63) is 45.7 Å². The van der Waals surface area contributed by atoms with Crippen molar-refractivity contribution in [2.45, 2.75) is 30.8 Å². The quantitative estimate of drug-likeness (QED) is 0.724. The summed E-state index contributed by atoms with van der Waals surface area (Å²) in [5.74, 6) is -0.714. The van der Waals surface area contributed by atoms with Gasteiger partial charge in [-0.1, -0.05) is 31.2 Å². The molecule has 3 N–H and O–H groups in total. The highest BCUT2D eigenvalue weighted by atomic mass is 32.3. The first-order chi connectivity index (χ1) is 12.6. The minimum Gasteiger partial charge on any atom is -0.368 e. The van der Waals surface area contributed by atoms with Gasteiger partial charge in [-0.2, -0.15) is 13.5 Å². The number of amides is 3. The second-order valence-electron chi connectivity index (χ2n) is 6.92. The van der Waals surface area contributed by atoms with Gasteiger partial charge >= 0.3 is 16.4 Å². The van der Waals surface area contributed by atoms with E-state index in [-0.39, 0.29) is 12.0 Å². The highest BCUT2D eigenvalue weighted by molar-refractivity contribution is 7.80. The number of hydrogen-bond acceptors (Lipinski definition) is 6. The molecular weight excluding hydrogens is 394 g/mol. The van der Waals surface area contributed by atoms with Gasteiger partial charge in [0.05, 0.1) is 6.54 Å². The lowest BCUT2D eigenvalue weighted by Gasteiger charge is -2.28. The topological polar surface area (TPSA) is 130 Å². The van der Waals surface area contributed by atoms with Crippen molar-refractivity contribution in [2.75, 3.05) is 6.54 Å². The summed E-state index contributed by atoms with van der Waals surface area (Å²) in [7, 11) is -4.90. The number of nitrogens with zero attached hydrogens (tertiary/aromatic N) is 2. The maximum Gasteiger partial charge on any atom is 0.418 e. The molecule has 9 nitrogen and oxygen atoms in total. The number of thiophene rings is 1. The molecule has 4 rings (SSSR count). The summed E-state index contributed by atoms with van der Waals surface area (Å²) >= 11 is 1.37. The average molecular weight is 411 g/mol. The Hall–Kier alpha value is -2.21. The maximum atomic E-state index is 12.5. The van der Waals surface area contributed by atoms with Gasteiger partial charge in [0.2, 0.25) is 5.91 Å². The van der Waals surface area contributed by atoms with Crippen LogP contribution in [0, 0.1) is 0 Å². The average Bonchev–Trinajstić information content (AvgIpc) is 3.12. The van der Waals surface area contributed by atoms with Crippen LogP contribution in [-0.2, 0) is 24.9 Å². The summed E-state index contributed by atoms with van der Waals surface area (Å²) in [4.78, 5) is 27.3. The molecule has 0 spiro atoms. The van der Waals surface area contributed by atoms with E-state index in [9.17, 15) is 18.0 Å². The van der Waals surface area contributed by atoms with Crippen molar-refractivity contribution in [1.82, 2.24) is 9.96 Å². The minimum absolute atomic E-state index is 0.0393. The smallest absolute Gasteiger partial charge is 0.368 e. The number of rotatable bonds is 4. The molecule has 0 aromatic carbocycles. The van der Waals surface area contributed by atoms with Crippen LogP contribution in [0.5, 0.6) is 0 Å². The highest BCUT2D eigenvalue weighted by Gasteiger charge is 2.53. The van der Waals surface area contributed by atoms with E-state index in [2.05, 4.69) is 17.3 Å². The number of primary amides is 1. The summed E-state index contributed by atoms with van der Waals surface area (Å²) in [6.45, 7) is 2.09. The number of hydrogen-bond donors (Lipinski definition) is 2. The van der Waals surface area contributed by atoms with Crippen molar-refractivity contribution < 1.29 is 26.8 Å². The van der Waals surface area contributed by atoms with Crippen LogP contribution in [0.25, 0.3) is 0 Å². The lowest BCUT2D eigenvalue weighted by Crippen LogP contribution is -2.41. The van der Waals surface area contributed by atoms with Gasteiger partial charge in [-0.05, 0) is 18.1 Å². The molecule has 2 bridgehead atoms. The standard InChI is InChI=1S/C16H17N3O6S2/c1-16(5-3-2-4-6-16)11-7-9-10-8-18(12(14(17)20)13(9)26-11)15(21)19(10)25-27(22,23)24/h2-5,7,10,12H,6,8H2,1H3,(H2,17,20)(H,22,23,24)/t10-,12+,16?/m1/s1. The molecule has 3 aliphatic rings. The monoisotopic (exact) mass is 411 g/mol. The second kappa shape index (κ2) is 5.89. The van der Waals surface area contributed by atoms with Crippen molar-refractivity contribution in [3.8, 4) is 0 Å². The number of allylic oxidation sites excluding steroid dienone is 4. The molecule has 11 heteroatoms. The fourth-order valence-electron chi connectivity index (χ4n) is 3.73. The number of carbonyl (C=O) groups is 2. The Labute approximate surface area is 159 Å². The summed E-state index contributed by atoms with van der Waals surface area (Å²) in [5.41, 5.74) is 5.86. The number of hydroxylamine groups is 2. The normalized spacial score (nSPS) is 29.3. The van der Waals surface area contributed by atoms with Gasteiger partial charge < -0.3 is 10.6 Å². The largest absolute Gasteiger partial charge is 0.418 e. The summed E-state index contributed by atoms with van der Waals surface area (Å²) < 4.78 is 35.8. The molecule has 1 fully saturated rings. The van der Waals surface area contributed by atoms with Crippen molar-refractivity contribution in [2.24, 2.45) is 5.73 Å². The van der Waals surface area contributed by atoms with E-state index in [1.165, 1.54) is 16.2 Å². The fourth-order valence-corrected chi connectivity index (χ4v) is 5.58. The molecule has 0 radical (unpaired) electrons. The minimum atomic E-state index is -4.90. The molecule has 2 aliphatic heterocycles. The van der Waals surface area contributed by atoms with E-state index in [4.69, 9.17) is 10.3 Å². The number of urea groups is 1. The van der Waals surface area contributed by atoms with E-state index in [0.717, 1.165) is 11.3 Å². The van der Waals surface area contributed by atoms with Crippen molar-refractivity contribution in [3.63, 3.8) is 0 Å².